The summed E-state index contributed by atoms with van der Waals surface area (Å²) in [6, 6.07) is 1.83. The maximum atomic E-state index is 11.0. The van der Waals surface area contributed by atoms with E-state index in [1.807, 2.05) is 19.9 Å². The maximum absolute atomic E-state index is 11.0. The van der Waals surface area contributed by atoms with Crippen molar-refractivity contribution in [1.29, 1.82) is 0 Å². The molecule has 0 aromatic carbocycles. The van der Waals surface area contributed by atoms with E-state index < -0.39 is 5.91 Å². The van der Waals surface area contributed by atoms with Gasteiger partial charge >= 0.3 is 0 Å². The highest BCUT2D eigenvalue weighted by Gasteiger charge is 2.15. The Morgan fingerprint density at radius 3 is 2.35 bits per heavy atom. The van der Waals surface area contributed by atoms with Gasteiger partial charge in [-0.3, -0.25) is 4.79 Å². The quantitative estimate of drug-likeness (QED) is 0.754. The summed E-state index contributed by atoms with van der Waals surface area (Å²) in [6.07, 6.45) is 1.30. The molecule has 0 spiro atoms. The molecule has 0 atom stereocenters. The standard InChI is InChI=1S/C10H12N6O/c1-5-3-6(2)15-10(14-5)16-8(11)7(4-13-16)9(12)17/h3-4H,11H2,1-2H3,(H2,12,17). The van der Waals surface area contributed by atoms with Crippen LogP contribution in [0.4, 0.5) is 5.82 Å². The van der Waals surface area contributed by atoms with Crippen LogP contribution in [0.25, 0.3) is 5.95 Å². The molecule has 0 saturated carbocycles. The third-order valence-corrected chi connectivity index (χ3v) is 2.23. The van der Waals surface area contributed by atoms with Crippen molar-refractivity contribution in [1.82, 2.24) is 19.7 Å². The average Bonchev–Trinajstić information content (AvgIpc) is 2.58. The van der Waals surface area contributed by atoms with Gasteiger partial charge in [0.2, 0.25) is 0 Å². The van der Waals surface area contributed by atoms with Crippen LogP contribution in [0.3, 0.4) is 0 Å². The van der Waals surface area contributed by atoms with Crippen molar-refractivity contribution in [2.75, 3.05) is 5.73 Å². The van der Waals surface area contributed by atoms with Crippen molar-refractivity contribution in [2.45, 2.75) is 13.8 Å². The Balaban J connectivity index is 2.57. The number of hydrogen-bond acceptors (Lipinski definition) is 5. The second-order valence-electron chi connectivity index (χ2n) is 3.67. The second-order valence-corrected chi connectivity index (χ2v) is 3.67. The maximum Gasteiger partial charge on any atom is 0.254 e. The van der Waals surface area contributed by atoms with Gasteiger partial charge in [-0.2, -0.15) is 9.78 Å². The number of carbonyl (C=O) groups excluding carboxylic acids is 1. The number of rotatable bonds is 2. The zero-order valence-electron chi connectivity index (χ0n) is 9.51. The fourth-order valence-electron chi connectivity index (χ4n) is 1.51. The lowest BCUT2D eigenvalue weighted by molar-refractivity contribution is 0.100. The van der Waals surface area contributed by atoms with Gasteiger partial charge in [-0.25, -0.2) is 9.97 Å². The van der Waals surface area contributed by atoms with Crippen LogP contribution in [0.5, 0.6) is 0 Å². The molecular formula is C10H12N6O. The smallest absolute Gasteiger partial charge is 0.254 e. The molecule has 2 aromatic rings. The van der Waals surface area contributed by atoms with Gasteiger partial charge in [-0.15, -0.1) is 0 Å². The molecule has 17 heavy (non-hydrogen) atoms. The van der Waals surface area contributed by atoms with E-state index >= 15 is 0 Å². The minimum atomic E-state index is -0.627. The molecule has 4 N–H and O–H groups in total. The van der Waals surface area contributed by atoms with Gasteiger partial charge in [0.15, 0.2) is 0 Å². The Hall–Kier alpha value is -2.44. The Kier molecular flexibility index (Phi) is 2.51. The molecule has 0 fully saturated rings. The fourth-order valence-corrected chi connectivity index (χ4v) is 1.51. The highest BCUT2D eigenvalue weighted by molar-refractivity contribution is 5.97. The zero-order valence-corrected chi connectivity index (χ0v) is 9.51. The monoisotopic (exact) mass is 232 g/mol. The number of primary amides is 1. The SMILES string of the molecule is Cc1cc(C)nc(-n2ncc(C(N)=O)c2N)n1. The Bertz CT molecular complexity index is 568. The van der Waals surface area contributed by atoms with Crippen molar-refractivity contribution in [3.05, 3.63) is 29.2 Å². The second kappa shape index (κ2) is 3.85. The van der Waals surface area contributed by atoms with Crippen LogP contribution in [-0.4, -0.2) is 25.7 Å². The molecule has 0 aliphatic carbocycles. The first-order chi connectivity index (χ1) is 7.99. The lowest BCUT2D eigenvalue weighted by Crippen LogP contribution is -2.14. The zero-order chi connectivity index (χ0) is 12.6. The number of nitrogens with two attached hydrogens (primary N) is 2. The fraction of sp³-hybridized carbons (Fsp3) is 0.200. The van der Waals surface area contributed by atoms with Crippen LogP contribution in [-0.2, 0) is 0 Å². The number of anilines is 1. The summed E-state index contributed by atoms with van der Waals surface area (Å²) in [6.45, 7) is 3.68. The first-order valence-corrected chi connectivity index (χ1v) is 4.95. The molecule has 7 nitrogen and oxygen atoms in total. The lowest BCUT2D eigenvalue weighted by atomic mass is 10.3. The van der Waals surface area contributed by atoms with Gasteiger partial charge in [0, 0.05) is 11.4 Å². The Morgan fingerprint density at radius 2 is 1.88 bits per heavy atom. The number of aromatic nitrogens is 4. The van der Waals surface area contributed by atoms with Crippen molar-refractivity contribution >= 4 is 11.7 Å². The average molecular weight is 232 g/mol. The van der Waals surface area contributed by atoms with Crippen LogP contribution < -0.4 is 11.5 Å². The highest BCUT2D eigenvalue weighted by atomic mass is 16.1. The number of nitrogen functional groups attached to an aromatic ring is 1. The predicted molar refractivity (Wildman–Crippen MR) is 61.6 cm³/mol. The molecule has 0 aliphatic heterocycles. The molecule has 7 heteroatoms. The largest absolute Gasteiger partial charge is 0.383 e. The number of nitrogens with zero attached hydrogens (tertiary/aromatic N) is 4. The van der Waals surface area contributed by atoms with Gasteiger partial charge in [-0.1, -0.05) is 0 Å². The van der Waals surface area contributed by atoms with E-state index in [2.05, 4.69) is 15.1 Å². The number of amides is 1. The third-order valence-electron chi connectivity index (χ3n) is 2.23. The molecule has 2 rings (SSSR count). The first-order valence-electron chi connectivity index (χ1n) is 4.95. The molecule has 0 radical (unpaired) electrons. The van der Waals surface area contributed by atoms with Crippen LogP contribution in [0.2, 0.25) is 0 Å². The van der Waals surface area contributed by atoms with Crippen molar-refractivity contribution in [2.24, 2.45) is 5.73 Å². The van der Waals surface area contributed by atoms with Crippen LogP contribution in [0, 0.1) is 13.8 Å². The molecule has 0 bridgehead atoms. The summed E-state index contributed by atoms with van der Waals surface area (Å²) in [5, 5.41) is 3.96. The van der Waals surface area contributed by atoms with Gasteiger partial charge in [0.25, 0.3) is 11.9 Å². The molecule has 1 amide bonds. The number of aryl methyl sites for hydroxylation is 2. The van der Waals surface area contributed by atoms with E-state index in [9.17, 15) is 4.79 Å². The van der Waals surface area contributed by atoms with E-state index in [4.69, 9.17) is 11.5 Å². The predicted octanol–water partition coefficient (Wildman–Crippen LogP) is -0.0398. The lowest BCUT2D eigenvalue weighted by Gasteiger charge is -2.04. The van der Waals surface area contributed by atoms with E-state index in [0.29, 0.717) is 5.95 Å². The van der Waals surface area contributed by atoms with Gasteiger partial charge in [0.05, 0.1) is 6.20 Å². The van der Waals surface area contributed by atoms with Crippen molar-refractivity contribution < 1.29 is 4.79 Å². The molecule has 88 valence electrons. The molecule has 0 saturated heterocycles. The van der Waals surface area contributed by atoms with E-state index in [1.165, 1.54) is 10.9 Å². The van der Waals surface area contributed by atoms with E-state index in [0.717, 1.165) is 11.4 Å². The molecule has 0 unspecified atom stereocenters. The highest BCUT2D eigenvalue weighted by Crippen LogP contribution is 2.14. The molecule has 2 heterocycles. The number of carbonyl (C=O) groups is 1. The molecular weight excluding hydrogens is 220 g/mol. The van der Waals surface area contributed by atoms with Crippen molar-refractivity contribution in [3.8, 4) is 5.95 Å². The van der Waals surface area contributed by atoms with E-state index in [1.54, 1.807) is 0 Å². The number of hydrogen-bond donors (Lipinski definition) is 2. The topological polar surface area (TPSA) is 113 Å². The Labute approximate surface area is 97.5 Å². The first kappa shape index (κ1) is 11.1. The van der Waals surface area contributed by atoms with Crippen LogP contribution >= 0.6 is 0 Å². The summed E-state index contributed by atoms with van der Waals surface area (Å²) in [4.78, 5) is 19.4. The third kappa shape index (κ3) is 1.94. The summed E-state index contributed by atoms with van der Waals surface area (Å²) >= 11 is 0. The van der Waals surface area contributed by atoms with Crippen LogP contribution in [0.15, 0.2) is 12.3 Å². The van der Waals surface area contributed by atoms with Crippen molar-refractivity contribution in [3.63, 3.8) is 0 Å². The van der Waals surface area contributed by atoms with Gasteiger partial charge < -0.3 is 11.5 Å². The van der Waals surface area contributed by atoms with E-state index in [-0.39, 0.29) is 11.4 Å². The van der Waals surface area contributed by atoms with Gasteiger partial charge in [0.1, 0.15) is 11.4 Å². The summed E-state index contributed by atoms with van der Waals surface area (Å²) in [5.74, 6) is -0.159. The molecule has 0 aliphatic rings. The van der Waals surface area contributed by atoms with Crippen LogP contribution in [0.1, 0.15) is 21.7 Å². The summed E-state index contributed by atoms with van der Waals surface area (Å²) in [5.41, 5.74) is 12.7. The summed E-state index contributed by atoms with van der Waals surface area (Å²) in [7, 11) is 0. The minimum Gasteiger partial charge on any atom is -0.383 e. The van der Waals surface area contributed by atoms with Gasteiger partial charge in [-0.05, 0) is 19.9 Å². The summed E-state index contributed by atoms with van der Waals surface area (Å²) < 4.78 is 1.29. The molecule has 2 aromatic heterocycles. The Morgan fingerprint density at radius 1 is 1.29 bits per heavy atom. The minimum absolute atomic E-state index is 0.141. The normalized spacial score (nSPS) is 10.5.